The molecule has 1 aliphatic rings. The molecule has 2 nitrogen and oxygen atoms in total. The van der Waals surface area contributed by atoms with Crippen molar-refractivity contribution in [1.29, 1.82) is 0 Å². The first kappa shape index (κ1) is 11.7. The summed E-state index contributed by atoms with van der Waals surface area (Å²) in [5.74, 6) is 0. The molecule has 1 aromatic rings. The van der Waals surface area contributed by atoms with Crippen LogP contribution in [-0.4, -0.2) is 10.6 Å². The van der Waals surface area contributed by atoms with Crippen LogP contribution in [0.1, 0.15) is 45.2 Å². The van der Waals surface area contributed by atoms with Crippen molar-refractivity contribution in [1.82, 2.24) is 9.88 Å². The summed E-state index contributed by atoms with van der Waals surface area (Å²) in [7, 11) is 2.11. The SMILES string of the molecule is Cn1cccc1CNC1CCCC(C)(C)C1. The zero-order chi connectivity index (χ0) is 11.6. The molecule has 1 fully saturated rings. The van der Waals surface area contributed by atoms with Crippen LogP contribution in [0.2, 0.25) is 0 Å². The predicted octanol–water partition coefficient (Wildman–Crippen LogP) is 3.08. The topological polar surface area (TPSA) is 17.0 Å². The van der Waals surface area contributed by atoms with Crippen LogP contribution in [0.25, 0.3) is 0 Å². The van der Waals surface area contributed by atoms with Crippen molar-refractivity contribution in [2.24, 2.45) is 12.5 Å². The van der Waals surface area contributed by atoms with Crippen molar-refractivity contribution in [2.45, 2.75) is 52.1 Å². The number of hydrogen-bond acceptors (Lipinski definition) is 1. The number of rotatable bonds is 3. The molecule has 0 saturated heterocycles. The van der Waals surface area contributed by atoms with Gasteiger partial charge in [-0.3, -0.25) is 0 Å². The molecule has 0 spiro atoms. The van der Waals surface area contributed by atoms with Crippen LogP contribution >= 0.6 is 0 Å². The molecular formula is C14H24N2. The Morgan fingerprint density at radius 1 is 1.50 bits per heavy atom. The second kappa shape index (κ2) is 4.62. The molecule has 1 atom stereocenters. The first-order valence-electron chi connectivity index (χ1n) is 6.40. The third-order valence-electron chi connectivity index (χ3n) is 3.83. The van der Waals surface area contributed by atoms with Crippen LogP contribution < -0.4 is 5.32 Å². The smallest absolute Gasteiger partial charge is 0.0361 e. The Balaban J connectivity index is 1.84. The molecule has 1 heterocycles. The molecule has 0 bridgehead atoms. The largest absolute Gasteiger partial charge is 0.353 e. The summed E-state index contributed by atoms with van der Waals surface area (Å²) in [5.41, 5.74) is 1.91. The number of nitrogens with one attached hydrogen (secondary N) is 1. The second-order valence-corrected chi connectivity index (χ2v) is 5.95. The van der Waals surface area contributed by atoms with E-state index in [1.165, 1.54) is 31.4 Å². The van der Waals surface area contributed by atoms with Crippen LogP contribution in [0.4, 0.5) is 0 Å². The first-order valence-corrected chi connectivity index (χ1v) is 6.40. The van der Waals surface area contributed by atoms with E-state index in [1.54, 1.807) is 0 Å². The number of aryl methyl sites for hydroxylation is 1. The minimum Gasteiger partial charge on any atom is -0.353 e. The Morgan fingerprint density at radius 3 is 2.94 bits per heavy atom. The maximum atomic E-state index is 3.70. The van der Waals surface area contributed by atoms with E-state index in [0.29, 0.717) is 11.5 Å². The maximum Gasteiger partial charge on any atom is 0.0361 e. The normalized spacial score (nSPS) is 24.6. The number of aromatic nitrogens is 1. The molecular weight excluding hydrogens is 196 g/mol. The van der Waals surface area contributed by atoms with Crippen LogP contribution in [0, 0.1) is 5.41 Å². The van der Waals surface area contributed by atoms with Crippen molar-refractivity contribution in [2.75, 3.05) is 0 Å². The van der Waals surface area contributed by atoms with Gasteiger partial charge in [-0.1, -0.05) is 20.3 Å². The number of nitrogens with zero attached hydrogens (tertiary/aromatic N) is 1. The third kappa shape index (κ3) is 2.88. The van der Waals surface area contributed by atoms with E-state index < -0.39 is 0 Å². The highest BCUT2D eigenvalue weighted by molar-refractivity contribution is 5.06. The van der Waals surface area contributed by atoms with Gasteiger partial charge in [0.25, 0.3) is 0 Å². The maximum absolute atomic E-state index is 3.70. The summed E-state index contributed by atoms with van der Waals surface area (Å²) < 4.78 is 2.20. The van der Waals surface area contributed by atoms with E-state index in [2.05, 4.69) is 49.1 Å². The number of hydrogen-bond donors (Lipinski definition) is 1. The van der Waals surface area contributed by atoms with Crippen molar-refractivity contribution < 1.29 is 0 Å². The lowest BCUT2D eigenvalue weighted by Crippen LogP contribution is -2.37. The highest BCUT2D eigenvalue weighted by Crippen LogP contribution is 2.35. The molecule has 0 aliphatic heterocycles. The van der Waals surface area contributed by atoms with Gasteiger partial charge in [0, 0.05) is 31.5 Å². The molecule has 0 aromatic carbocycles. The van der Waals surface area contributed by atoms with E-state index >= 15 is 0 Å². The summed E-state index contributed by atoms with van der Waals surface area (Å²) >= 11 is 0. The summed E-state index contributed by atoms with van der Waals surface area (Å²) in [6.45, 7) is 5.79. The van der Waals surface area contributed by atoms with Gasteiger partial charge in [-0.05, 0) is 36.8 Å². The summed E-state index contributed by atoms with van der Waals surface area (Å²) in [5, 5.41) is 3.70. The van der Waals surface area contributed by atoms with Gasteiger partial charge in [-0.25, -0.2) is 0 Å². The molecule has 0 amide bonds. The summed E-state index contributed by atoms with van der Waals surface area (Å²) in [6, 6.07) is 5.02. The quantitative estimate of drug-likeness (QED) is 0.828. The minimum absolute atomic E-state index is 0.532. The predicted molar refractivity (Wildman–Crippen MR) is 68.3 cm³/mol. The van der Waals surface area contributed by atoms with E-state index in [4.69, 9.17) is 0 Å². The fraction of sp³-hybridized carbons (Fsp3) is 0.714. The molecule has 2 heteroatoms. The van der Waals surface area contributed by atoms with Gasteiger partial charge in [0.2, 0.25) is 0 Å². The Hall–Kier alpha value is -0.760. The zero-order valence-corrected chi connectivity index (χ0v) is 10.8. The van der Waals surface area contributed by atoms with Gasteiger partial charge < -0.3 is 9.88 Å². The first-order chi connectivity index (χ1) is 7.57. The highest BCUT2D eigenvalue weighted by Gasteiger charge is 2.27. The van der Waals surface area contributed by atoms with Gasteiger partial charge >= 0.3 is 0 Å². The lowest BCUT2D eigenvalue weighted by Gasteiger charge is -2.35. The molecule has 1 aliphatic carbocycles. The fourth-order valence-corrected chi connectivity index (χ4v) is 2.80. The van der Waals surface area contributed by atoms with Gasteiger partial charge in [-0.15, -0.1) is 0 Å². The Labute approximate surface area is 99.0 Å². The van der Waals surface area contributed by atoms with E-state index in [-0.39, 0.29) is 0 Å². The van der Waals surface area contributed by atoms with Crippen molar-refractivity contribution in [3.05, 3.63) is 24.0 Å². The third-order valence-corrected chi connectivity index (χ3v) is 3.83. The average molecular weight is 220 g/mol. The van der Waals surface area contributed by atoms with Gasteiger partial charge in [0.05, 0.1) is 0 Å². The second-order valence-electron chi connectivity index (χ2n) is 5.95. The van der Waals surface area contributed by atoms with E-state index in [9.17, 15) is 0 Å². The van der Waals surface area contributed by atoms with Gasteiger partial charge in [0.1, 0.15) is 0 Å². The molecule has 90 valence electrons. The lowest BCUT2D eigenvalue weighted by molar-refractivity contribution is 0.197. The van der Waals surface area contributed by atoms with Crippen LogP contribution in [0.5, 0.6) is 0 Å². The Morgan fingerprint density at radius 2 is 2.31 bits per heavy atom. The minimum atomic E-state index is 0.532. The van der Waals surface area contributed by atoms with Crippen LogP contribution in [0.3, 0.4) is 0 Å². The average Bonchev–Trinajstić information content (AvgIpc) is 2.60. The lowest BCUT2D eigenvalue weighted by atomic mass is 9.75. The molecule has 0 radical (unpaired) electrons. The summed E-state index contributed by atoms with van der Waals surface area (Å²) in [4.78, 5) is 0. The van der Waals surface area contributed by atoms with Crippen molar-refractivity contribution in [3.63, 3.8) is 0 Å². The Bertz CT molecular complexity index is 338. The van der Waals surface area contributed by atoms with Gasteiger partial charge in [0.15, 0.2) is 0 Å². The van der Waals surface area contributed by atoms with E-state index in [1.807, 2.05) is 0 Å². The Kier molecular flexibility index (Phi) is 3.38. The standard InChI is InChI=1S/C14H24N2/c1-14(2)8-4-6-12(10-14)15-11-13-7-5-9-16(13)3/h5,7,9,12,15H,4,6,8,10-11H2,1-3H3. The molecule has 1 unspecified atom stereocenters. The zero-order valence-electron chi connectivity index (χ0n) is 10.8. The molecule has 1 N–H and O–H groups in total. The molecule has 1 aromatic heterocycles. The monoisotopic (exact) mass is 220 g/mol. The van der Waals surface area contributed by atoms with Crippen molar-refractivity contribution >= 4 is 0 Å². The van der Waals surface area contributed by atoms with Crippen molar-refractivity contribution in [3.8, 4) is 0 Å². The summed E-state index contributed by atoms with van der Waals surface area (Å²) in [6.07, 6.45) is 7.53. The molecule has 1 saturated carbocycles. The molecule has 2 rings (SSSR count). The van der Waals surface area contributed by atoms with Crippen LogP contribution in [0.15, 0.2) is 18.3 Å². The molecule has 16 heavy (non-hydrogen) atoms. The van der Waals surface area contributed by atoms with Gasteiger partial charge in [-0.2, -0.15) is 0 Å². The highest BCUT2D eigenvalue weighted by atomic mass is 15.0. The van der Waals surface area contributed by atoms with Crippen LogP contribution in [-0.2, 0) is 13.6 Å². The van der Waals surface area contributed by atoms with E-state index in [0.717, 1.165) is 6.54 Å². The fourth-order valence-electron chi connectivity index (χ4n) is 2.80.